The Morgan fingerprint density at radius 2 is 1.53 bits per heavy atom. The maximum absolute atomic E-state index is 14.1. The fourth-order valence-corrected chi connectivity index (χ4v) is 5.56. The van der Waals surface area contributed by atoms with Crippen molar-refractivity contribution in [1.82, 2.24) is 0 Å². The number of allylic oxidation sites excluding steroid dienone is 2. The molecule has 0 atom stereocenters. The van der Waals surface area contributed by atoms with Crippen LogP contribution < -0.4 is 4.74 Å². The van der Waals surface area contributed by atoms with Crippen molar-refractivity contribution < 1.29 is 26.7 Å². The molecule has 2 aliphatic carbocycles. The van der Waals surface area contributed by atoms with E-state index in [4.69, 9.17) is 0 Å². The molecule has 0 radical (unpaired) electrons. The summed E-state index contributed by atoms with van der Waals surface area (Å²) in [4.78, 5) is 0. The maximum atomic E-state index is 14.1. The van der Waals surface area contributed by atoms with Crippen LogP contribution in [0, 0.1) is 23.6 Å². The summed E-state index contributed by atoms with van der Waals surface area (Å²) in [5, 5.41) is 0. The highest BCUT2D eigenvalue weighted by Crippen LogP contribution is 2.44. The normalized spacial score (nSPS) is 27.0. The van der Waals surface area contributed by atoms with Crippen LogP contribution in [-0.2, 0) is 0 Å². The minimum Gasteiger partial charge on any atom is -0.403 e. The van der Waals surface area contributed by atoms with Crippen LogP contribution in [0.5, 0.6) is 5.75 Å². The number of alkyl halides is 4. The van der Waals surface area contributed by atoms with E-state index in [1.165, 1.54) is 31.7 Å². The number of unbranched alkanes of at least 4 members (excludes halogenated alkanes) is 2. The lowest BCUT2D eigenvalue weighted by atomic mass is 9.68. The summed E-state index contributed by atoms with van der Waals surface area (Å²) < 4.78 is 66.9. The van der Waals surface area contributed by atoms with Crippen molar-refractivity contribution in [1.29, 1.82) is 0 Å². The van der Waals surface area contributed by atoms with E-state index in [9.17, 15) is 22.0 Å². The third kappa shape index (κ3) is 7.77. The van der Waals surface area contributed by atoms with E-state index in [0.29, 0.717) is 12.3 Å². The third-order valence-corrected chi connectivity index (χ3v) is 7.37. The molecule has 0 bridgehead atoms. The zero-order valence-electron chi connectivity index (χ0n) is 18.7. The van der Waals surface area contributed by atoms with E-state index in [1.54, 1.807) is 6.07 Å². The van der Waals surface area contributed by atoms with Crippen LogP contribution in [0.1, 0.15) is 88.5 Å². The van der Waals surface area contributed by atoms with Gasteiger partial charge in [0.15, 0.2) is 11.6 Å². The van der Waals surface area contributed by atoms with Gasteiger partial charge in [0.05, 0.1) is 6.67 Å². The standard InChI is InChI=1S/C26H35F5O/c27-17-5-3-1-2-4-6-19-7-9-20(10-8-19)21-11-13-22(14-12-21)23-15-16-25(24(28)18-23)32-26(29,30)31/h2,4,15-16,18-22H,1,3,5-14,17H2/t19-,20-,21-,22-. The number of rotatable bonds is 9. The Kier molecular flexibility index (Phi) is 9.42. The Labute approximate surface area is 188 Å². The van der Waals surface area contributed by atoms with E-state index in [-0.39, 0.29) is 12.6 Å². The van der Waals surface area contributed by atoms with Crippen molar-refractivity contribution in [2.24, 2.45) is 17.8 Å². The van der Waals surface area contributed by atoms with Crippen molar-refractivity contribution >= 4 is 0 Å². The number of benzene rings is 1. The maximum Gasteiger partial charge on any atom is 0.573 e. The highest BCUT2D eigenvalue weighted by Gasteiger charge is 2.33. The van der Waals surface area contributed by atoms with Gasteiger partial charge < -0.3 is 4.74 Å². The van der Waals surface area contributed by atoms with Crippen LogP contribution in [0.15, 0.2) is 30.4 Å². The number of ether oxygens (including phenoxy) is 1. The summed E-state index contributed by atoms with van der Waals surface area (Å²) in [6.07, 6.45) is 12.5. The Balaban J connectivity index is 1.39. The Bertz CT molecular complexity index is 713. The molecular formula is C26H35F5O. The first-order valence-corrected chi connectivity index (χ1v) is 12.1. The van der Waals surface area contributed by atoms with Gasteiger partial charge in [-0.15, -0.1) is 13.2 Å². The minimum atomic E-state index is -4.88. The second kappa shape index (κ2) is 12.0. The first-order chi connectivity index (χ1) is 15.4. The average molecular weight is 459 g/mol. The molecule has 2 saturated carbocycles. The van der Waals surface area contributed by atoms with Crippen LogP contribution >= 0.6 is 0 Å². The van der Waals surface area contributed by atoms with Crippen LogP contribution in [-0.4, -0.2) is 13.0 Å². The van der Waals surface area contributed by atoms with E-state index >= 15 is 0 Å². The smallest absolute Gasteiger partial charge is 0.403 e. The molecule has 180 valence electrons. The summed E-state index contributed by atoms with van der Waals surface area (Å²) in [7, 11) is 0. The van der Waals surface area contributed by atoms with E-state index < -0.39 is 17.9 Å². The number of hydrogen-bond acceptors (Lipinski definition) is 1. The van der Waals surface area contributed by atoms with Crippen molar-refractivity contribution in [3.8, 4) is 5.75 Å². The van der Waals surface area contributed by atoms with E-state index in [0.717, 1.165) is 68.4 Å². The largest absolute Gasteiger partial charge is 0.573 e. The topological polar surface area (TPSA) is 9.23 Å². The monoisotopic (exact) mass is 458 g/mol. The predicted molar refractivity (Wildman–Crippen MR) is 117 cm³/mol. The van der Waals surface area contributed by atoms with Crippen molar-refractivity contribution in [3.63, 3.8) is 0 Å². The zero-order chi connectivity index (χ0) is 23.0. The molecule has 1 nitrogen and oxygen atoms in total. The fraction of sp³-hybridized carbons (Fsp3) is 0.692. The Morgan fingerprint density at radius 1 is 0.875 bits per heavy atom. The highest BCUT2D eigenvalue weighted by molar-refractivity contribution is 5.31. The number of halogens is 5. The lowest BCUT2D eigenvalue weighted by Crippen LogP contribution is -2.25. The molecule has 1 aromatic carbocycles. The molecule has 0 N–H and O–H groups in total. The summed E-state index contributed by atoms with van der Waals surface area (Å²) in [6, 6.07) is 3.88. The molecule has 2 aliphatic rings. The lowest BCUT2D eigenvalue weighted by molar-refractivity contribution is -0.275. The van der Waals surface area contributed by atoms with Gasteiger partial charge in [-0.25, -0.2) is 4.39 Å². The Morgan fingerprint density at radius 3 is 2.12 bits per heavy atom. The molecule has 0 aromatic heterocycles. The molecular weight excluding hydrogens is 423 g/mol. The van der Waals surface area contributed by atoms with Crippen LogP contribution in [0.4, 0.5) is 22.0 Å². The molecule has 0 spiro atoms. The summed E-state index contributed by atoms with van der Waals surface area (Å²) in [5.41, 5.74) is 0.775. The van der Waals surface area contributed by atoms with Gasteiger partial charge in [0, 0.05) is 0 Å². The van der Waals surface area contributed by atoms with Gasteiger partial charge in [-0.3, -0.25) is 4.39 Å². The predicted octanol–water partition coefficient (Wildman–Crippen LogP) is 8.89. The van der Waals surface area contributed by atoms with Crippen LogP contribution in [0.3, 0.4) is 0 Å². The minimum absolute atomic E-state index is 0.208. The van der Waals surface area contributed by atoms with E-state index in [1.807, 2.05) is 0 Å². The highest BCUT2D eigenvalue weighted by atomic mass is 19.4. The van der Waals surface area contributed by atoms with Crippen LogP contribution in [0.25, 0.3) is 0 Å². The van der Waals surface area contributed by atoms with Gasteiger partial charge >= 0.3 is 6.36 Å². The molecule has 6 heteroatoms. The van der Waals surface area contributed by atoms with Gasteiger partial charge in [-0.05, 0) is 118 Å². The molecule has 0 saturated heterocycles. The quantitative estimate of drug-likeness (QED) is 0.204. The summed E-state index contributed by atoms with van der Waals surface area (Å²) >= 11 is 0. The molecule has 2 fully saturated rings. The Hall–Kier alpha value is -1.59. The average Bonchev–Trinajstić information content (AvgIpc) is 2.77. The molecule has 0 unspecified atom stereocenters. The summed E-state index contributed by atoms with van der Waals surface area (Å²) in [6.45, 7) is -0.222. The van der Waals surface area contributed by atoms with Crippen molar-refractivity contribution in [2.45, 2.75) is 89.3 Å². The molecule has 0 heterocycles. The molecule has 32 heavy (non-hydrogen) atoms. The van der Waals surface area contributed by atoms with Crippen LogP contribution in [0.2, 0.25) is 0 Å². The molecule has 0 aliphatic heterocycles. The molecule has 3 rings (SSSR count). The van der Waals surface area contributed by atoms with E-state index in [2.05, 4.69) is 16.9 Å². The third-order valence-electron chi connectivity index (χ3n) is 7.37. The first kappa shape index (κ1) is 25.0. The van der Waals surface area contributed by atoms with Gasteiger partial charge in [0.2, 0.25) is 0 Å². The second-order valence-electron chi connectivity index (χ2n) is 9.52. The lowest BCUT2D eigenvalue weighted by Gasteiger charge is -2.38. The fourth-order valence-electron chi connectivity index (χ4n) is 5.56. The summed E-state index contributed by atoms with van der Waals surface area (Å²) in [5.74, 6) is 0.735. The van der Waals surface area contributed by atoms with Gasteiger partial charge in [0.25, 0.3) is 0 Å². The van der Waals surface area contributed by atoms with Gasteiger partial charge in [0.1, 0.15) is 0 Å². The van der Waals surface area contributed by atoms with Crippen molar-refractivity contribution in [2.75, 3.05) is 6.67 Å². The second-order valence-corrected chi connectivity index (χ2v) is 9.52. The molecule has 1 aromatic rings. The first-order valence-electron chi connectivity index (χ1n) is 12.1. The molecule has 0 amide bonds. The zero-order valence-corrected chi connectivity index (χ0v) is 18.7. The SMILES string of the molecule is FCCCCC=CC[C@H]1CC[C@H]([C@H]2CC[C@H](c3ccc(OC(F)(F)F)c(F)c3)CC2)CC1. The van der Waals surface area contributed by atoms with Gasteiger partial charge in [-0.2, -0.15) is 0 Å². The van der Waals surface area contributed by atoms with Crippen molar-refractivity contribution in [3.05, 3.63) is 41.7 Å². The van der Waals surface area contributed by atoms with Gasteiger partial charge in [-0.1, -0.05) is 18.2 Å². The number of hydrogen-bond donors (Lipinski definition) is 0.